The molecular weight excluding hydrogens is 236 g/mol. The average Bonchev–Trinajstić information content (AvgIpc) is 2.82. The maximum atomic E-state index is 4.44. The predicted octanol–water partition coefficient (Wildman–Crippen LogP) is 0.787. The summed E-state index contributed by atoms with van der Waals surface area (Å²) in [7, 11) is 3.71. The first kappa shape index (κ1) is 12.1. The van der Waals surface area contributed by atoms with Crippen molar-refractivity contribution >= 4 is 11.3 Å². The van der Waals surface area contributed by atoms with Crippen LogP contribution in [0.1, 0.15) is 27.4 Å². The number of nitrogens with zero attached hydrogens (tertiary/aromatic N) is 5. The molecule has 0 saturated heterocycles. The molecule has 0 bridgehead atoms. The molecule has 6 nitrogen and oxygen atoms in total. The maximum absolute atomic E-state index is 4.44. The molecule has 0 fully saturated rings. The lowest BCUT2D eigenvalue weighted by Gasteiger charge is -2.12. The summed E-state index contributed by atoms with van der Waals surface area (Å²) in [6.07, 6.45) is 0.729. The summed E-state index contributed by atoms with van der Waals surface area (Å²) >= 11 is 1.72. The molecule has 0 aliphatic rings. The maximum Gasteiger partial charge on any atom is 0.176 e. The molecular formula is C10H16N6S. The van der Waals surface area contributed by atoms with Gasteiger partial charge in [-0.15, -0.1) is 21.5 Å². The summed E-state index contributed by atoms with van der Waals surface area (Å²) < 4.78 is 0. The van der Waals surface area contributed by atoms with Crippen LogP contribution >= 0.6 is 11.3 Å². The van der Waals surface area contributed by atoms with Gasteiger partial charge in [-0.05, 0) is 26.1 Å². The van der Waals surface area contributed by atoms with Crippen molar-refractivity contribution in [2.75, 3.05) is 7.05 Å². The summed E-state index contributed by atoms with van der Waals surface area (Å²) in [6.45, 7) is 4.06. The van der Waals surface area contributed by atoms with Gasteiger partial charge in [0.15, 0.2) is 5.82 Å². The minimum atomic E-state index is 0.199. The molecule has 1 atom stereocenters. The molecule has 0 aliphatic carbocycles. The van der Waals surface area contributed by atoms with Crippen LogP contribution in [0.2, 0.25) is 0 Å². The van der Waals surface area contributed by atoms with Crippen LogP contribution in [-0.4, -0.2) is 32.2 Å². The van der Waals surface area contributed by atoms with E-state index in [-0.39, 0.29) is 6.04 Å². The lowest BCUT2D eigenvalue weighted by Crippen LogP contribution is -2.19. The first-order valence-electron chi connectivity index (χ1n) is 5.44. The van der Waals surface area contributed by atoms with Gasteiger partial charge in [0.05, 0.1) is 23.8 Å². The van der Waals surface area contributed by atoms with Crippen LogP contribution in [0, 0.1) is 13.8 Å². The highest BCUT2D eigenvalue weighted by atomic mass is 32.1. The average molecular weight is 252 g/mol. The van der Waals surface area contributed by atoms with Gasteiger partial charge in [0.1, 0.15) is 0 Å². The fourth-order valence-corrected chi connectivity index (χ4v) is 2.82. The Labute approximate surface area is 104 Å². The van der Waals surface area contributed by atoms with E-state index in [4.69, 9.17) is 0 Å². The third-order valence-corrected chi connectivity index (χ3v) is 3.73. The van der Waals surface area contributed by atoms with Crippen molar-refractivity contribution in [3.8, 4) is 0 Å². The van der Waals surface area contributed by atoms with Gasteiger partial charge in [0, 0.05) is 11.3 Å². The fraction of sp³-hybridized carbons (Fsp3) is 0.600. The van der Waals surface area contributed by atoms with Crippen molar-refractivity contribution in [1.82, 2.24) is 30.5 Å². The molecule has 2 aromatic heterocycles. The molecule has 1 N–H and O–H groups in total. The number of hydrogen-bond donors (Lipinski definition) is 1. The normalized spacial score (nSPS) is 12.9. The van der Waals surface area contributed by atoms with Gasteiger partial charge in [-0.1, -0.05) is 0 Å². The van der Waals surface area contributed by atoms with E-state index in [9.17, 15) is 0 Å². The van der Waals surface area contributed by atoms with Crippen molar-refractivity contribution in [2.45, 2.75) is 26.3 Å². The Kier molecular flexibility index (Phi) is 3.49. The van der Waals surface area contributed by atoms with E-state index in [0.717, 1.165) is 22.9 Å². The molecule has 0 aromatic carbocycles. The number of rotatable bonds is 4. The fourth-order valence-electron chi connectivity index (χ4n) is 1.78. The zero-order chi connectivity index (χ0) is 12.4. The summed E-state index contributed by atoms with van der Waals surface area (Å²) in [5, 5.41) is 16.4. The molecule has 0 aliphatic heterocycles. The van der Waals surface area contributed by atoms with E-state index in [1.807, 2.05) is 20.9 Å². The second-order valence-corrected chi connectivity index (χ2v) is 5.16. The highest BCUT2D eigenvalue weighted by molar-refractivity contribution is 7.11. The van der Waals surface area contributed by atoms with E-state index >= 15 is 0 Å². The van der Waals surface area contributed by atoms with Crippen molar-refractivity contribution in [1.29, 1.82) is 0 Å². The minimum Gasteiger partial charge on any atom is -0.312 e. The Morgan fingerprint density at radius 1 is 1.41 bits per heavy atom. The third-order valence-electron chi connectivity index (χ3n) is 2.54. The zero-order valence-electron chi connectivity index (χ0n) is 10.4. The number of hydrogen-bond acceptors (Lipinski definition) is 6. The number of thiazole rings is 1. The van der Waals surface area contributed by atoms with Crippen molar-refractivity contribution < 1.29 is 0 Å². The highest BCUT2D eigenvalue weighted by Gasteiger charge is 2.18. The van der Waals surface area contributed by atoms with E-state index in [2.05, 4.69) is 25.7 Å². The van der Waals surface area contributed by atoms with Crippen molar-refractivity contribution in [3.05, 3.63) is 21.4 Å². The first-order valence-corrected chi connectivity index (χ1v) is 6.26. The zero-order valence-corrected chi connectivity index (χ0v) is 11.2. The van der Waals surface area contributed by atoms with Crippen LogP contribution in [0.25, 0.3) is 0 Å². The van der Waals surface area contributed by atoms with Crippen molar-refractivity contribution in [2.24, 2.45) is 7.05 Å². The molecule has 0 saturated carbocycles. The SMILES string of the molecule is CNC(Cc1nnn(C)n1)c1sc(C)nc1C. The Balaban J connectivity index is 2.19. The molecule has 17 heavy (non-hydrogen) atoms. The van der Waals surface area contributed by atoms with Crippen LogP contribution in [0.15, 0.2) is 0 Å². The number of aromatic nitrogens is 5. The monoisotopic (exact) mass is 252 g/mol. The minimum absolute atomic E-state index is 0.199. The number of likely N-dealkylation sites (N-methyl/N-ethyl adjacent to an activating group) is 1. The summed E-state index contributed by atoms with van der Waals surface area (Å²) in [5.41, 5.74) is 1.08. The third kappa shape index (κ3) is 2.67. The number of nitrogens with one attached hydrogen (secondary N) is 1. The van der Waals surface area contributed by atoms with Crippen LogP contribution in [0.3, 0.4) is 0 Å². The molecule has 2 rings (SSSR count). The molecule has 0 amide bonds. The van der Waals surface area contributed by atoms with Crippen LogP contribution in [-0.2, 0) is 13.5 Å². The topological polar surface area (TPSA) is 68.5 Å². The summed E-state index contributed by atoms with van der Waals surface area (Å²) in [4.78, 5) is 7.17. The van der Waals surface area contributed by atoms with Gasteiger partial charge in [0.2, 0.25) is 0 Å². The number of aryl methyl sites for hydroxylation is 3. The lowest BCUT2D eigenvalue weighted by atomic mass is 10.1. The van der Waals surface area contributed by atoms with Gasteiger partial charge >= 0.3 is 0 Å². The van der Waals surface area contributed by atoms with Crippen LogP contribution in [0.4, 0.5) is 0 Å². The second kappa shape index (κ2) is 4.89. The van der Waals surface area contributed by atoms with Crippen LogP contribution in [0.5, 0.6) is 0 Å². The molecule has 2 aromatic rings. The van der Waals surface area contributed by atoms with Crippen molar-refractivity contribution in [3.63, 3.8) is 0 Å². The Hall–Kier alpha value is -1.34. The first-order chi connectivity index (χ1) is 8.10. The van der Waals surface area contributed by atoms with Gasteiger partial charge in [-0.25, -0.2) is 4.98 Å². The molecule has 92 valence electrons. The molecule has 1 unspecified atom stereocenters. The molecule has 2 heterocycles. The Morgan fingerprint density at radius 3 is 2.65 bits per heavy atom. The highest BCUT2D eigenvalue weighted by Crippen LogP contribution is 2.26. The second-order valence-electron chi connectivity index (χ2n) is 3.92. The van der Waals surface area contributed by atoms with E-state index in [1.165, 1.54) is 9.67 Å². The smallest absolute Gasteiger partial charge is 0.176 e. The lowest BCUT2D eigenvalue weighted by molar-refractivity contribution is 0.575. The Bertz CT molecular complexity index is 503. The molecule has 0 radical (unpaired) electrons. The van der Waals surface area contributed by atoms with Gasteiger partial charge in [0.25, 0.3) is 0 Å². The predicted molar refractivity (Wildman–Crippen MR) is 65.9 cm³/mol. The molecule has 0 spiro atoms. The Morgan fingerprint density at radius 2 is 2.18 bits per heavy atom. The van der Waals surface area contributed by atoms with Crippen LogP contribution < -0.4 is 5.32 Å². The van der Waals surface area contributed by atoms with E-state index < -0.39 is 0 Å². The quantitative estimate of drug-likeness (QED) is 0.871. The summed E-state index contributed by atoms with van der Waals surface area (Å²) in [5.74, 6) is 0.748. The largest absolute Gasteiger partial charge is 0.312 e. The standard InChI is InChI=1S/C10H16N6S/c1-6-10(17-7(2)12-6)8(11-3)5-9-13-15-16(4)14-9/h8,11H,5H2,1-4H3. The van der Waals surface area contributed by atoms with Gasteiger partial charge < -0.3 is 5.32 Å². The molecule has 7 heteroatoms. The number of tetrazole rings is 1. The van der Waals surface area contributed by atoms with E-state index in [1.54, 1.807) is 18.4 Å². The summed E-state index contributed by atoms with van der Waals surface area (Å²) in [6, 6.07) is 0.199. The van der Waals surface area contributed by atoms with Gasteiger partial charge in [-0.3, -0.25) is 0 Å². The van der Waals surface area contributed by atoms with Gasteiger partial charge in [-0.2, -0.15) is 4.80 Å². The van der Waals surface area contributed by atoms with E-state index in [0.29, 0.717) is 0 Å².